The van der Waals surface area contributed by atoms with Gasteiger partial charge in [0.1, 0.15) is 0 Å². The third-order valence-corrected chi connectivity index (χ3v) is 3.98. The van der Waals surface area contributed by atoms with Crippen LogP contribution >= 0.6 is 22.9 Å². The molecule has 0 aliphatic heterocycles. The van der Waals surface area contributed by atoms with Crippen molar-refractivity contribution in [1.82, 2.24) is 4.98 Å². The van der Waals surface area contributed by atoms with Gasteiger partial charge in [-0.3, -0.25) is 0 Å². The lowest BCUT2D eigenvalue weighted by Crippen LogP contribution is -1.91. The molecule has 0 unspecified atom stereocenters. The van der Waals surface area contributed by atoms with Crippen molar-refractivity contribution in [2.45, 2.75) is 12.8 Å². The van der Waals surface area contributed by atoms with Crippen LogP contribution in [0.1, 0.15) is 9.88 Å². The maximum absolute atomic E-state index is 5.94. The molecular weight excluding hydrogens is 270 g/mol. The Morgan fingerprint density at radius 3 is 2.56 bits per heavy atom. The number of nitrogens with zero attached hydrogens (tertiary/aromatic N) is 1. The van der Waals surface area contributed by atoms with Crippen LogP contribution in [0.2, 0.25) is 0 Å². The third-order valence-electron chi connectivity index (χ3n) is 2.58. The molecule has 0 spiro atoms. The smallest absolute Gasteiger partial charge is 0.161 e. The van der Waals surface area contributed by atoms with E-state index in [4.69, 9.17) is 21.1 Å². The minimum absolute atomic E-state index is 0.467. The zero-order valence-electron chi connectivity index (χ0n) is 10.5. The van der Waals surface area contributed by atoms with Gasteiger partial charge in [0.2, 0.25) is 0 Å². The average Bonchev–Trinajstić information content (AvgIpc) is 2.79. The van der Waals surface area contributed by atoms with Gasteiger partial charge < -0.3 is 9.47 Å². The van der Waals surface area contributed by atoms with Gasteiger partial charge >= 0.3 is 0 Å². The third kappa shape index (κ3) is 2.44. The molecule has 0 atom stereocenters. The van der Waals surface area contributed by atoms with Gasteiger partial charge in [0.15, 0.2) is 11.5 Å². The summed E-state index contributed by atoms with van der Waals surface area (Å²) in [6, 6.07) is 5.76. The standard InChI is InChI=1S/C13H14ClNO2S/c1-8-15-13(12(7-14)18-8)9-4-5-10(16-2)11(6-9)17-3/h4-6H,7H2,1-3H3. The fraction of sp³-hybridized carbons (Fsp3) is 0.308. The lowest BCUT2D eigenvalue weighted by molar-refractivity contribution is 0.355. The van der Waals surface area contributed by atoms with Gasteiger partial charge in [-0.1, -0.05) is 0 Å². The van der Waals surface area contributed by atoms with Crippen LogP contribution in [-0.2, 0) is 5.88 Å². The number of aryl methyl sites for hydroxylation is 1. The number of ether oxygens (including phenoxy) is 2. The molecule has 0 fully saturated rings. The van der Waals surface area contributed by atoms with Crippen molar-refractivity contribution in [2.24, 2.45) is 0 Å². The van der Waals surface area contributed by atoms with Gasteiger partial charge in [-0.25, -0.2) is 4.98 Å². The van der Waals surface area contributed by atoms with Crippen LogP contribution in [0.25, 0.3) is 11.3 Å². The predicted molar refractivity (Wildman–Crippen MR) is 74.9 cm³/mol. The highest BCUT2D eigenvalue weighted by Crippen LogP contribution is 2.35. The van der Waals surface area contributed by atoms with Gasteiger partial charge in [-0.2, -0.15) is 0 Å². The zero-order chi connectivity index (χ0) is 13.1. The van der Waals surface area contributed by atoms with Crippen molar-refractivity contribution < 1.29 is 9.47 Å². The van der Waals surface area contributed by atoms with Crippen LogP contribution in [0.4, 0.5) is 0 Å². The highest BCUT2D eigenvalue weighted by atomic mass is 35.5. The van der Waals surface area contributed by atoms with Crippen LogP contribution in [0.15, 0.2) is 18.2 Å². The van der Waals surface area contributed by atoms with E-state index in [-0.39, 0.29) is 0 Å². The molecule has 5 heteroatoms. The summed E-state index contributed by atoms with van der Waals surface area (Å²) < 4.78 is 10.5. The van der Waals surface area contributed by atoms with E-state index in [0.29, 0.717) is 17.4 Å². The summed E-state index contributed by atoms with van der Waals surface area (Å²) in [6.07, 6.45) is 0. The van der Waals surface area contributed by atoms with Crippen molar-refractivity contribution >= 4 is 22.9 Å². The average molecular weight is 284 g/mol. The Morgan fingerprint density at radius 1 is 1.22 bits per heavy atom. The molecule has 0 N–H and O–H groups in total. The minimum Gasteiger partial charge on any atom is -0.493 e. The largest absolute Gasteiger partial charge is 0.493 e. The van der Waals surface area contributed by atoms with Crippen LogP contribution in [0.3, 0.4) is 0 Å². The van der Waals surface area contributed by atoms with Gasteiger partial charge in [0.05, 0.1) is 30.8 Å². The molecule has 0 bridgehead atoms. The summed E-state index contributed by atoms with van der Waals surface area (Å²) in [5, 5.41) is 1.01. The fourth-order valence-corrected chi connectivity index (χ4v) is 2.87. The molecule has 1 heterocycles. The number of methoxy groups -OCH3 is 2. The van der Waals surface area contributed by atoms with Gasteiger partial charge in [0, 0.05) is 10.4 Å². The zero-order valence-corrected chi connectivity index (χ0v) is 12.1. The van der Waals surface area contributed by atoms with Crippen molar-refractivity contribution in [3.8, 4) is 22.8 Å². The number of hydrogen-bond donors (Lipinski definition) is 0. The minimum atomic E-state index is 0.467. The first-order valence-corrected chi connectivity index (χ1v) is 6.79. The summed E-state index contributed by atoms with van der Waals surface area (Å²) in [5.74, 6) is 1.87. The maximum Gasteiger partial charge on any atom is 0.161 e. The topological polar surface area (TPSA) is 31.4 Å². The van der Waals surface area contributed by atoms with Crippen molar-refractivity contribution in [2.75, 3.05) is 14.2 Å². The maximum atomic E-state index is 5.94. The summed E-state index contributed by atoms with van der Waals surface area (Å²) in [4.78, 5) is 5.59. The number of hydrogen-bond acceptors (Lipinski definition) is 4. The second-order valence-corrected chi connectivity index (χ2v) is 5.26. The molecule has 2 rings (SSSR count). The second-order valence-electron chi connectivity index (χ2n) is 3.71. The molecule has 0 saturated carbocycles. The van der Waals surface area contributed by atoms with E-state index in [0.717, 1.165) is 21.1 Å². The number of thiazole rings is 1. The monoisotopic (exact) mass is 283 g/mol. The molecule has 0 saturated heterocycles. The summed E-state index contributed by atoms with van der Waals surface area (Å²) in [5.41, 5.74) is 1.92. The van der Waals surface area contributed by atoms with Crippen molar-refractivity contribution in [3.63, 3.8) is 0 Å². The van der Waals surface area contributed by atoms with E-state index < -0.39 is 0 Å². The normalized spacial score (nSPS) is 10.4. The van der Waals surface area contributed by atoms with Crippen LogP contribution < -0.4 is 9.47 Å². The molecule has 96 valence electrons. The molecule has 18 heavy (non-hydrogen) atoms. The summed E-state index contributed by atoms with van der Waals surface area (Å²) in [6.45, 7) is 1.98. The van der Waals surface area contributed by atoms with Gasteiger partial charge in [0.25, 0.3) is 0 Å². The van der Waals surface area contributed by atoms with E-state index in [9.17, 15) is 0 Å². The molecule has 2 aromatic rings. The van der Waals surface area contributed by atoms with E-state index in [1.165, 1.54) is 0 Å². The number of aromatic nitrogens is 1. The first-order valence-electron chi connectivity index (χ1n) is 5.44. The van der Waals surface area contributed by atoms with Gasteiger partial charge in [-0.05, 0) is 25.1 Å². The molecule has 0 radical (unpaired) electrons. The first kappa shape index (κ1) is 13.2. The lowest BCUT2D eigenvalue weighted by Gasteiger charge is -2.09. The Bertz CT molecular complexity index is 554. The number of benzene rings is 1. The Labute approximate surface area is 115 Å². The van der Waals surface area contributed by atoms with E-state index in [1.54, 1.807) is 25.6 Å². The van der Waals surface area contributed by atoms with Crippen molar-refractivity contribution in [1.29, 1.82) is 0 Å². The highest BCUT2D eigenvalue weighted by Gasteiger charge is 2.13. The quantitative estimate of drug-likeness (QED) is 0.798. The molecule has 1 aromatic heterocycles. The SMILES string of the molecule is COc1ccc(-c2nc(C)sc2CCl)cc1OC. The predicted octanol–water partition coefficient (Wildman–Crippen LogP) is 3.87. The molecule has 1 aromatic carbocycles. The fourth-order valence-electron chi connectivity index (χ4n) is 1.77. The van der Waals surface area contributed by atoms with Crippen LogP contribution in [-0.4, -0.2) is 19.2 Å². The molecule has 0 aliphatic rings. The Hall–Kier alpha value is -1.26. The molecular formula is C13H14ClNO2S. The van der Waals surface area contributed by atoms with Crippen LogP contribution in [0.5, 0.6) is 11.5 Å². The Kier molecular flexibility index (Phi) is 4.09. The number of alkyl halides is 1. The molecule has 0 amide bonds. The summed E-state index contributed by atoms with van der Waals surface area (Å²) in [7, 11) is 3.24. The van der Waals surface area contributed by atoms with Crippen molar-refractivity contribution in [3.05, 3.63) is 28.1 Å². The van der Waals surface area contributed by atoms with Gasteiger partial charge in [-0.15, -0.1) is 22.9 Å². The van der Waals surface area contributed by atoms with E-state index in [2.05, 4.69) is 4.98 Å². The number of rotatable bonds is 4. The van der Waals surface area contributed by atoms with Crippen LogP contribution in [0, 0.1) is 6.92 Å². The van der Waals surface area contributed by atoms with E-state index in [1.807, 2.05) is 25.1 Å². The van der Waals surface area contributed by atoms with E-state index >= 15 is 0 Å². The summed E-state index contributed by atoms with van der Waals surface area (Å²) >= 11 is 7.56. The first-order chi connectivity index (χ1) is 8.69. The number of halogens is 1. The highest BCUT2D eigenvalue weighted by molar-refractivity contribution is 7.12. The Morgan fingerprint density at radius 2 is 1.94 bits per heavy atom. The molecule has 3 nitrogen and oxygen atoms in total. The second kappa shape index (κ2) is 5.59. The molecule has 0 aliphatic carbocycles. The lowest BCUT2D eigenvalue weighted by atomic mass is 10.1. The Balaban J connectivity index is 2.50.